The Kier molecular flexibility index (Phi) is 4.59. The lowest BCUT2D eigenvalue weighted by molar-refractivity contribution is 0.742. The molecule has 0 saturated heterocycles. The zero-order valence-electron chi connectivity index (χ0n) is 15.4. The molecule has 1 heterocycles. The van der Waals surface area contributed by atoms with E-state index >= 15 is 0 Å². The summed E-state index contributed by atoms with van der Waals surface area (Å²) in [6.07, 6.45) is 8.32. The van der Waals surface area contributed by atoms with E-state index in [0.717, 1.165) is 41.6 Å². The van der Waals surface area contributed by atoms with Crippen molar-refractivity contribution in [2.45, 2.75) is 25.7 Å². The van der Waals surface area contributed by atoms with Crippen molar-refractivity contribution in [3.05, 3.63) is 65.8 Å². The van der Waals surface area contributed by atoms with E-state index in [9.17, 15) is 0 Å². The molecular weight excluding hydrogens is 334 g/mol. The van der Waals surface area contributed by atoms with Gasteiger partial charge in [0.25, 0.3) is 0 Å². The van der Waals surface area contributed by atoms with Crippen LogP contribution in [0.1, 0.15) is 31.2 Å². The van der Waals surface area contributed by atoms with Gasteiger partial charge in [0, 0.05) is 18.1 Å². The molecule has 2 aromatic carbocycles. The van der Waals surface area contributed by atoms with Crippen LogP contribution in [0.2, 0.25) is 0 Å². The molecule has 0 fully saturated rings. The van der Waals surface area contributed by atoms with Crippen molar-refractivity contribution in [2.24, 2.45) is 0 Å². The van der Waals surface area contributed by atoms with Gasteiger partial charge in [-0.25, -0.2) is 0 Å². The number of para-hydroxylation sites is 1. The molecule has 0 atom stereocenters. The van der Waals surface area contributed by atoms with Gasteiger partial charge in [-0.3, -0.25) is 15.4 Å². The van der Waals surface area contributed by atoms with Crippen molar-refractivity contribution in [3.63, 3.8) is 0 Å². The molecular formula is C22H23N5. The van der Waals surface area contributed by atoms with Gasteiger partial charge in [-0.1, -0.05) is 30.3 Å². The predicted molar refractivity (Wildman–Crippen MR) is 111 cm³/mol. The van der Waals surface area contributed by atoms with Crippen LogP contribution in [0.15, 0.2) is 54.6 Å². The van der Waals surface area contributed by atoms with Crippen molar-refractivity contribution in [2.75, 3.05) is 11.9 Å². The van der Waals surface area contributed by atoms with E-state index in [1.54, 1.807) is 0 Å². The molecule has 3 aromatic rings. The number of nitrogens with zero attached hydrogens (tertiary/aromatic N) is 3. The molecule has 0 aliphatic heterocycles. The van der Waals surface area contributed by atoms with E-state index in [2.05, 4.69) is 35.3 Å². The lowest BCUT2D eigenvalue weighted by Gasteiger charge is -2.22. The first-order valence-corrected chi connectivity index (χ1v) is 9.28. The highest BCUT2D eigenvalue weighted by molar-refractivity contribution is 5.94. The molecule has 136 valence electrons. The number of fused-ring (bicyclic) bond motifs is 1. The Hall–Kier alpha value is -3.21. The average Bonchev–Trinajstić information content (AvgIpc) is 2.73. The summed E-state index contributed by atoms with van der Waals surface area (Å²) in [4.78, 5) is 6.51. The molecule has 1 aliphatic rings. The SMILES string of the molecule is CN(c1cccc(C2=CCCCC2)c1)c1nc(=N)n(C=N)c2ccccc12. The molecule has 5 heteroatoms. The lowest BCUT2D eigenvalue weighted by atomic mass is 9.93. The molecule has 1 aromatic heterocycles. The molecule has 0 radical (unpaired) electrons. The molecule has 1 aliphatic carbocycles. The fourth-order valence-electron chi connectivity index (χ4n) is 3.72. The molecule has 0 amide bonds. The Labute approximate surface area is 158 Å². The van der Waals surface area contributed by atoms with Gasteiger partial charge in [-0.15, -0.1) is 0 Å². The van der Waals surface area contributed by atoms with Crippen molar-refractivity contribution in [1.29, 1.82) is 10.8 Å². The number of benzene rings is 2. The molecule has 4 rings (SSSR count). The number of anilines is 2. The first-order chi connectivity index (χ1) is 13.2. The van der Waals surface area contributed by atoms with Gasteiger partial charge in [0.15, 0.2) is 0 Å². The van der Waals surface area contributed by atoms with Crippen LogP contribution in [0, 0.1) is 10.8 Å². The fourth-order valence-corrected chi connectivity index (χ4v) is 3.72. The molecule has 0 unspecified atom stereocenters. The van der Waals surface area contributed by atoms with Crippen LogP contribution in [0.4, 0.5) is 11.5 Å². The minimum Gasteiger partial charge on any atom is -0.329 e. The van der Waals surface area contributed by atoms with Crippen molar-refractivity contribution < 1.29 is 0 Å². The Morgan fingerprint density at radius 3 is 2.74 bits per heavy atom. The second kappa shape index (κ2) is 7.19. The zero-order valence-corrected chi connectivity index (χ0v) is 15.4. The molecule has 5 nitrogen and oxygen atoms in total. The number of hydrogen-bond acceptors (Lipinski definition) is 4. The number of aromatic nitrogens is 2. The van der Waals surface area contributed by atoms with E-state index in [0.29, 0.717) is 0 Å². The fraction of sp³-hybridized carbons (Fsp3) is 0.227. The number of allylic oxidation sites excluding steroid dienone is 2. The second-order valence-corrected chi connectivity index (χ2v) is 6.86. The van der Waals surface area contributed by atoms with Crippen molar-refractivity contribution >= 4 is 34.3 Å². The Morgan fingerprint density at radius 2 is 1.96 bits per heavy atom. The summed E-state index contributed by atoms with van der Waals surface area (Å²) in [7, 11) is 1.98. The summed E-state index contributed by atoms with van der Waals surface area (Å²) in [6.45, 7) is 0. The molecule has 27 heavy (non-hydrogen) atoms. The third kappa shape index (κ3) is 3.16. The van der Waals surface area contributed by atoms with Crippen molar-refractivity contribution in [3.8, 4) is 0 Å². The summed E-state index contributed by atoms with van der Waals surface area (Å²) in [6, 6.07) is 16.3. The van der Waals surface area contributed by atoms with Crippen LogP contribution < -0.4 is 10.5 Å². The summed E-state index contributed by atoms with van der Waals surface area (Å²) in [5.74, 6) is 0.725. The van der Waals surface area contributed by atoms with Crippen LogP contribution in [0.3, 0.4) is 0 Å². The summed E-state index contributed by atoms with van der Waals surface area (Å²) in [5.41, 5.74) is 4.59. The molecule has 0 spiro atoms. The highest BCUT2D eigenvalue weighted by atomic mass is 15.2. The van der Waals surface area contributed by atoms with E-state index in [1.165, 1.54) is 28.5 Å². The number of rotatable bonds is 4. The monoisotopic (exact) mass is 357 g/mol. The van der Waals surface area contributed by atoms with Crippen LogP contribution in [-0.4, -0.2) is 22.9 Å². The van der Waals surface area contributed by atoms with Gasteiger partial charge >= 0.3 is 0 Å². The van der Waals surface area contributed by atoms with Gasteiger partial charge in [0.1, 0.15) is 5.82 Å². The first kappa shape index (κ1) is 17.2. The van der Waals surface area contributed by atoms with E-state index in [-0.39, 0.29) is 5.62 Å². The maximum atomic E-state index is 8.22. The quantitative estimate of drug-likeness (QED) is 0.525. The van der Waals surface area contributed by atoms with Gasteiger partial charge in [0.05, 0.1) is 11.9 Å². The van der Waals surface area contributed by atoms with Gasteiger partial charge < -0.3 is 4.90 Å². The second-order valence-electron chi connectivity index (χ2n) is 6.86. The number of nitrogens with one attached hydrogen (secondary N) is 2. The third-order valence-corrected chi connectivity index (χ3v) is 5.19. The summed E-state index contributed by atoms with van der Waals surface area (Å²) < 4.78 is 1.48. The Morgan fingerprint density at radius 1 is 1.11 bits per heavy atom. The first-order valence-electron chi connectivity index (χ1n) is 9.28. The maximum absolute atomic E-state index is 8.22. The number of hydrogen-bond donors (Lipinski definition) is 2. The van der Waals surface area contributed by atoms with Crippen molar-refractivity contribution in [1.82, 2.24) is 9.55 Å². The van der Waals surface area contributed by atoms with Gasteiger partial charge in [-0.2, -0.15) is 4.98 Å². The highest BCUT2D eigenvalue weighted by Gasteiger charge is 2.14. The lowest BCUT2D eigenvalue weighted by Crippen LogP contribution is -2.26. The normalized spacial score (nSPS) is 14.0. The predicted octanol–water partition coefficient (Wildman–Crippen LogP) is 4.70. The summed E-state index contributed by atoms with van der Waals surface area (Å²) in [5, 5.41) is 16.7. The minimum atomic E-state index is 0.0525. The Balaban J connectivity index is 1.82. The minimum absolute atomic E-state index is 0.0525. The van der Waals surface area contributed by atoms with E-state index in [1.807, 2.05) is 36.2 Å². The van der Waals surface area contributed by atoms with E-state index < -0.39 is 0 Å². The van der Waals surface area contributed by atoms with Crippen LogP contribution in [0.5, 0.6) is 0 Å². The van der Waals surface area contributed by atoms with Crippen LogP contribution >= 0.6 is 0 Å². The standard InChI is InChI=1S/C22H23N5/c1-26(18-11-7-10-17(14-18)16-8-3-2-4-9-16)21-19-12-5-6-13-20(19)27(15-23)22(24)25-21/h5-8,10-15,23-24H,2-4,9H2,1H3. The molecule has 0 saturated carbocycles. The third-order valence-electron chi connectivity index (χ3n) is 5.19. The van der Waals surface area contributed by atoms with E-state index in [4.69, 9.17) is 10.8 Å². The smallest absolute Gasteiger partial charge is 0.229 e. The van der Waals surface area contributed by atoms with Crippen LogP contribution in [0.25, 0.3) is 16.5 Å². The highest BCUT2D eigenvalue weighted by Crippen LogP contribution is 2.32. The molecule has 2 N–H and O–H groups in total. The summed E-state index contributed by atoms with van der Waals surface area (Å²) >= 11 is 0. The zero-order chi connectivity index (χ0) is 18.8. The van der Waals surface area contributed by atoms with Gasteiger partial charge in [-0.05, 0) is 61.1 Å². The largest absolute Gasteiger partial charge is 0.329 e. The maximum Gasteiger partial charge on any atom is 0.229 e. The van der Waals surface area contributed by atoms with Gasteiger partial charge in [0.2, 0.25) is 5.62 Å². The topological polar surface area (TPSA) is 68.8 Å². The molecule has 0 bridgehead atoms. The van der Waals surface area contributed by atoms with Crippen LogP contribution in [-0.2, 0) is 0 Å². The Bertz CT molecular complexity index is 1090. The average molecular weight is 357 g/mol.